The van der Waals surface area contributed by atoms with Crippen LogP contribution < -0.4 is 9.44 Å². The lowest BCUT2D eigenvalue weighted by molar-refractivity contribution is 0.354. The zero-order chi connectivity index (χ0) is 8.81. The van der Waals surface area contributed by atoms with Gasteiger partial charge in [0.2, 0.25) is 0 Å². The van der Waals surface area contributed by atoms with Crippen molar-refractivity contribution in [1.29, 1.82) is 0 Å². The molecule has 1 rings (SSSR count). The zero-order valence-corrected chi connectivity index (χ0v) is 9.43. The molecule has 0 aromatic rings. The van der Waals surface area contributed by atoms with E-state index in [0.717, 1.165) is 0 Å². The van der Waals surface area contributed by atoms with Crippen molar-refractivity contribution in [2.75, 3.05) is 12.5 Å². The predicted octanol–water partition coefficient (Wildman–Crippen LogP) is 2.03. The smallest absolute Gasteiger partial charge is 0.0334 e. The average Bonchev–Trinajstić information content (AvgIpc) is 2.09. The van der Waals surface area contributed by atoms with E-state index in [1.165, 1.54) is 25.7 Å². The Balaban J connectivity index is 2.31. The Morgan fingerprint density at radius 2 is 1.33 bits per heavy atom. The minimum atomic E-state index is 0.668. The predicted molar refractivity (Wildman–Crippen MR) is 59.3 cm³/mol. The van der Waals surface area contributed by atoms with Gasteiger partial charge in [-0.1, -0.05) is 36.7 Å². The molecular formula is C8H18N2S2. The number of nitrogens with one attached hydrogen (secondary N) is 2. The molecule has 0 heterocycles. The van der Waals surface area contributed by atoms with Crippen LogP contribution in [0.5, 0.6) is 0 Å². The average molecular weight is 206 g/mol. The van der Waals surface area contributed by atoms with Gasteiger partial charge in [0.25, 0.3) is 0 Å². The Morgan fingerprint density at radius 1 is 0.917 bits per heavy atom. The molecule has 0 radical (unpaired) electrons. The number of hydrogen-bond acceptors (Lipinski definition) is 4. The van der Waals surface area contributed by atoms with Gasteiger partial charge in [0.1, 0.15) is 0 Å². The van der Waals surface area contributed by atoms with Crippen LogP contribution >= 0.6 is 23.9 Å². The molecule has 2 unspecified atom stereocenters. The maximum atomic E-state index is 3.46. The van der Waals surface area contributed by atoms with Gasteiger partial charge in [0, 0.05) is 12.1 Å². The van der Waals surface area contributed by atoms with Crippen molar-refractivity contribution in [3.05, 3.63) is 0 Å². The highest BCUT2D eigenvalue weighted by Crippen LogP contribution is 2.20. The molecule has 0 aromatic heterocycles. The Kier molecular flexibility index (Phi) is 5.47. The topological polar surface area (TPSA) is 24.1 Å². The maximum absolute atomic E-state index is 3.46. The standard InChI is InChI=1S/C8H18N2S2/c1-11-9-7-5-3-4-6-8(7)10-12-2/h7-10H,3-6H2,1-2H3. The fourth-order valence-corrected chi connectivity index (χ4v) is 2.89. The van der Waals surface area contributed by atoms with Crippen LogP contribution in [0.2, 0.25) is 0 Å². The molecule has 1 fully saturated rings. The fraction of sp³-hybridized carbons (Fsp3) is 1.00. The van der Waals surface area contributed by atoms with Gasteiger partial charge in [0.05, 0.1) is 0 Å². The summed E-state index contributed by atoms with van der Waals surface area (Å²) in [6.45, 7) is 0. The van der Waals surface area contributed by atoms with Gasteiger partial charge in [0.15, 0.2) is 0 Å². The molecule has 0 aliphatic heterocycles. The first-order chi connectivity index (χ1) is 5.88. The lowest BCUT2D eigenvalue weighted by Gasteiger charge is -2.31. The largest absolute Gasteiger partial charge is 0.260 e. The van der Waals surface area contributed by atoms with Crippen LogP contribution in [0.4, 0.5) is 0 Å². The zero-order valence-electron chi connectivity index (χ0n) is 7.80. The van der Waals surface area contributed by atoms with Crippen LogP contribution in [0.3, 0.4) is 0 Å². The van der Waals surface area contributed by atoms with Crippen molar-refractivity contribution in [2.45, 2.75) is 37.8 Å². The van der Waals surface area contributed by atoms with Crippen LogP contribution in [-0.2, 0) is 0 Å². The molecule has 72 valence electrons. The summed E-state index contributed by atoms with van der Waals surface area (Å²) < 4.78 is 6.92. The van der Waals surface area contributed by atoms with E-state index in [-0.39, 0.29) is 0 Å². The molecule has 1 aliphatic carbocycles. The normalized spacial score (nSPS) is 30.5. The highest BCUT2D eigenvalue weighted by molar-refractivity contribution is 7.97. The molecule has 12 heavy (non-hydrogen) atoms. The highest BCUT2D eigenvalue weighted by atomic mass is 32.2. The van der Waals surface area contributed by atoms with E-state index >= 15 is 0 Å². The number of hydrogen-bond donors (Lipinski definition) is 2. The summed E-state index contributed by atoms with van der Waals surface area (Å²) >= 11 is 3.48. The third kappa shape index (κ3) is 3.17. The van der Waals surface area contributed by atoms with Crippen molar-refractivity contribution >= 4 is 23.9 Å². The third-order valence-corrected chi connectivity index (χ3v) is 3.38. The molecule has 2 atom stereocenters. The van der Waals surface area contributed by atoms with Crippen molar-refractivity contribution in [2.24, 2.45) is 0 Å². The van der Waals surface area contributed by atoms with Crippen molar-refractivity contribution in [1.82, 2.24) is 9.44 Å². The van der Waals surface area contributed by atoms with E-state index in [2.05, 4.69) is 22.0 Å². The van der Waals surface area contributed by atoms with Gasteiger partial charge in [-0.3, -0.25) is 9.44 Å². The summed E-state index contributed by atoms with van der Waals surface area (Å²) in [6.07, 6.45) is 9.60. The maximum Gasteiger partial charge on any atom is 0.0334 e. The summed E-state index contributed by atoms with van der Waals surface area (Å²) in [7, 11) is 0. The van der Waals surface area contributed by atoms with Gasteiger partial charge >= 0.3 is 0 Å². The molecular weight excluding hydrogens is 188 g/mol. The van der Waals surface area contributed by atoms with Crippen LogP contribution in [0.1, 0.15) is 25.7 Å². The molecule has 2 nitrogen and oxygen atoms in total. The second kappa shape index (κ2) is 6.13. The first-order valence-electron chi connectivity index (χ1n) is 4.45. The van der Waals surface area contributed by atoms with Crippen LogP contribution in [0.15, 0.2) is 0 Å². The van der Waals surface area contributed by atoms with E-state index in [9.17, 15) is 0 Å². The van der Waals surface area contributed by atoms with E-state index in [1.54, 1.807) is 23.9 Å². The minimum absolute atomic E-state index is 0.668. The molecule has 0 amide bonds. The molecule has 4 heteroatoms. The summed E-state index contributed by atoms with van der Waals surface area (Å²) in [6, 6.07) is 1.34. The summed E-state index contributed by atoms with van der Waals surface area (Å²) in [5, 5.41) is 0. The second-order valence-electron chi connectivity index (χ2n) is 3.14. The van der Waals surface area contributed by atoms with Crippen molar-refractivity contribution < 1.29 is 0 Å². The molecule has 2 N–H and O–H groups in total. The summed E-state index contributed by atoms with van der Waals surface area (Å²) in [5.74, 6) is 0. The van der Waals surface area contributed by atoms with E-state index in [4.69, 9.17) is 0 Å². The second-order valence-corrected chi connectivity index (χ2v) is 4.43. The minimum Gasteiger partial charge on any atom is -0.260 e. The highest BCUT2D eigenvalue weighted by Gasteiger charge is 2.23. The van der Waals surface area contributed by atoms with Crippen molar-refractivity contribution in [3.63, 3.8) is 0 Å². The molecule has 0 bridgehead atoms. The van der Waals surface area contributed by atoms with Gasteiger partial charge in [-0.15, -0.1) is 0 Å². The van der Waals surface area contributed by atoms with Crippen LogP contribution in [-0.4, -0.2) is 24.6 Å². The molecule has 0 spiro atoms. The van der Waals surface area contributed by atoms with E-state index in [0.29, 0.717) is 12.1 Å². The molecule has 1 aliphatic rings. The van der Waals surface area contributed by atoms with E-state index in [1.807, 2.05) is 0 Å². The van der Waals surface area contributed by atoms with Gasteiger partial charge in [-0.05, 0) is 25.4 Å². The third-order valence-electron chi connectivity index (χ3n) is 2.30. The van der Waals surface area contributed by atoms with Crippen molar-refractivity contribution in [3.8, 4) is 0 Å². The summed E-state index contributed by atoms with van der Waals surface area (Å²) in [5.41, 5.74) is 0. The monoisotopic (exact) mass is 206 g/mol. The first-order valence-corrected chi connectivity index (χ1v) is 6.90. The quantitative estimate of drug-likeness (QED) is 0.687. The SMILES string of the molecule is CSNC1CCCCC1NSC. The Labute approximate surface area is 83.9 Å². The molecule has 0 aromatic carbocycles. The van der Waals surface area contributed by atoms with Gasteiger partial charge in [-0.2, -0.15) is 0 Å². The van der Waals surface area contributed by atoms with E-state index < -0.39 is 0 Å². The Morgan fingerprint density at radius 3 is 1.67 bits per heavy atom. The van der Waals surface area contributed by atoms with Gasteiger partial charge < -0.3 is 0 Å². The lowest BCUT2D eigenvalue weighted by atomic mass is 9.92. The molecule has 1 saturated carbocycles. The fourth-order valence-electron chi connectivity index (χ4n) is 1.72. The summed E-state index contributed by atoms with van der Waals surface area (Å²) in [4.78, 5) is 0. The number of rotatable bonds is 4. The van der Waals surface area contributed by atoms with Crippen LogP contribution in [0, 0.1) is 0 Å². The van der Waals surface area contributed by atoms with Gasteiger partial charge in [-0.25, -0.2) is 0 Å². The van der Waals surface area contributed by atoms with Crippen LogP contribution in [0.25, 0.3) is 0 Å². The Hall–Kier alpha value is 0.620. The molecule has 0 saturated heterocycles. The Bertz CT molecular complexity index is 104. The lowest BCUT2D eigenvalue weighted by Crippen LogP contribution is -2.45. The first kappa shape index (κ1) is 10.7.